The number of hydrogen-bond donors (Lipinski definition) is 0. The Morgan fingerprint density at radius 3 is 2.96 bits per heavy atom. The molecule has 6 nitrogen and oxygen atoms in total. The molecule has 0 N–H and O–H groups in total. The molecule has 1 unspecified atom stereocenters. The first-order chi connectivity index (χ1) is 12.2. The molecule has 4 rings (SSSR count). The van der Waals surface area contributed by atoms with Crippen molar-refractivity contribution in [1.29, 1.82) is 0 Å². The van der Waals surface area contributed by atoms with Gasteiger partial charge in [0.1, 0.15) is 6.61 Å². The molecule has 2 aromatic rings. The Balaban J connectivity index is 1.37. The standard InChI is InChI=1S/C18H26N4O2S/c1-21-13-18(9-15(21)17-19-16(11-23-2)24-20-17)4-6-22(7-5-18)10-14-3-8-25-12-14/h3,8,12,15H,4-7,9-11,13H2,1-2H3. The summed E-state index contributed by atoms with van der Waals surface area (Å²) in [6.45, 7) is 4.95. The first-order valence-electron chi connectivity index (χ1n) is 8.93. The van der Waals surface area contributed by atoms with Crippen LogP contribution in [0.2, 0.25) is 0 Å². The average Bonchev–Trinajstić information content (AvgIpc) is 3.32. The maximum absolute atomic E-state index is 5.30. The fraction of sp³-hybridized carbons (Fsp3) is 0.667. The molecular weight excluding hydrogens is 336 g/mol. The van der Waals surface area contributed by atoms with E-state index in [-0.39, 0.29) is 6.04 Å². The predicted octanol–water partition coefficient (Wildman–Crippen LogP) is 2.94. The Kier molecular flexibility index (Phi) is 4.90. The zero-order valence-corrected chi connectivity index (χ0v) is 15.8. The fourth-order valence-electron chi connectivity index (χ4n) is 4.33. The lowest BCUT2D eigenvalue weighted by molar-refractivity contribution is 0.105. The molecule has 2 aliphatic rings. The number of thiophene rings is 1. The van der Waals surface area contributed by atoms with Crippen LogP contribution in [0.1, 0.15) is 42.6 Å². The van der Waals surface area contributed by atoms with Crippen molar-refractivity contribution in [3.05, 3.63) is 34.1 Å². The average molecular weight is 362 g/mol. The summed E-state index contributed by atoms with van der Waals surface area (Å²) >= 11 is 1.79. The first-order valence-corrected chi connectivity index (χ1v) is 9.87. The highest BCUT2D eigenvalue weighted by molar-refractivity contribution is 7.07. The lowest BCUT2D eigenvalue weighted by atomic mass is 9.76. The molecule has 2 fully saturated rings. The molecule has 0 saturated carbocycles. The highest BCUT2D eigenvalue weighted by Crippen LogP contribution is 2.47. The number of rotatable bonds is 5. The second-order valence-electron chi connectivity index (χ2n) is 7.52. The van der Waals surface area contributed by atoms with Crippen LogP contribution in [-0.4, -0.2) is 53.7 Å². The van der Waals surface area contributed by atoms with E-state index in [1.807, 2.05) is 0 Å². The van der Waals surface area contributed by atoms with Crippen LogP contribution in [0.15, 0.2) is 21.3 Å². The molecule has 2 aliphatic heterocycles. The Hall–Kier alpha value is -1.28. The number of nitrogens with zero attached hydrogens (tertiary/aromatic N) is 4. The minimum atomic E-state index is 0.262. The van der Waals surface area contributed by atoms with Crippen LogP contribution in [0.4, 0.5) is 0 Å². The van der Waals surface area contributed by atoms with Crippen molar-refractivity contribution in [3.8, 4) is 0 Å². The van der Waals surface area contributed by atoms with Crippen LogP contribution in [0.25, 0.3) is 0 Å². The van der Waals surface area contributed by atoms with Crippen molar-refractivity contribution < 1.29 is 9.26 Å². The second-order valence-corrected chi connectivity index (χ2v) is 8.30. The third-order valence-corrected chi connectivity index (χ3v) is 6.43. The van der Waals surface area contributed by atoms with Crippen molar-refractivity contribution in [1.82, 2.24) is 19.9 Å². The van der Waals surface area contributed by atoms with Crippen LogP contribution in [0.5, 0.6) is 0 Å². The highest BCUT2D eigenvalue weighted by Gasteiger charge is 2.46. The summed E-state index contributed by atoms with van der Waals surface area (Å²) in [6.07, 6.45) is 3.63. The van der Waals surface area contributed by atoms with Crippen molar-refractivity contribution in [2.24, 2.45) is 5.41 Å². The Morgan fingerprint density at radius 1 is 1.40 bits per heavy atom. The molecule has 7 heteroatoms. The Labute approximate surface area is 152 Å². The summed E-state index contributed by atoms with van der Waals surface area (Å²) in [5, 5.41) is 8.62. The first kappa shape index (κ1) is 17.1. The topological polar surface area (TPSA) is 54.6 Å². The van der Waals surface area contributed by atoms with Crippen LogP contribution in [0.3, 0.4) is 0 Å². The fourth-order valence-corrected chi connectivity index (χ4v) is 4.99. The molecule has 0 amide bonds. The van der Waals surface area contributed by atoms with E-state index in [2.05, 4.69) is 43.8 Å². The third kappa shape index (κ3) is 3.65. The zero-order chi connectivity index (χ0) is 17.3. The minimum Gasteiger partial charge on any atom is -0.375 e. The summed E-state index contributed by atoms with van der Waals surface area (Å²) in [6, 6.07) is 2.50. The van der Waals surface area contributed by atoms with Crippen LogP contribution >= 0.6 is 11.3 Å². The maximum atomic E-state index is 5.30. The van der Waals surface area contributed by atoms with E-state index < -0.39 is 0 Å². The van der Waals surface area contributed by atoms with E-state index in [1.54, 1.807) is 18.4 Å². The van der Waals surface area contributed by atoms with Crippen molar-refractivity contribution in [2.45, 2.75) is 38.5 Å². The molecule has 0 radical (unpaired) electrons. The summed E-state index contributed by atoms with van der Waals surface area (Å²) < 4.78 is 10.4. The van der Waals surface area contributed by atoms with Gasteiger partial charge in [-0.15, -0.1) is 0 Å². The van der Waals surface area contributed by atoms with Gasteiger partial charge in [-0.3, -0.25) is 9.80 Å². The van der Waals surface area contributed by atoms with Crippen LogP contribution in [0, 0.1) is 5.41 Å². The molecule has 2 aromatic heterocycles. The highest BCUT2D eigenvalue weighted by atomic mass is 32.1. The normalized spacial score (nSPS) is 24.3. The maximum Gasteiger partial charge on any atom is 0.252 e. The number of aromatic nitrogens is 2. The minimum absolute atomic E-state index is 0.262. The molecule has 2 saturated heterocycles. The zero-order valence-electron chi connectivity index (χ0n) is 15.0. The largest absolute Gasteiger partial charge is 0.375 e. The number of likely N-dealkylation sites (tertiary alicyclic amines) is 2. The molecule has 4 heterocycles. The second kappa shape index (κ2) is 7.15. The monoisotopic (exact) mass is 362 g/mol. The molecule has 0 bridgehead atoms. The van der Waals surface area contributed by atoms with E-state index in [9.17, 15) is 0 Å². The number of ether oxygens (including phenoxy) is 1. The Morgan fingerprint density at radius 2 is 2.24 bits per heavy atom. The van der Waals surface area contributed by atoms with E-state index >= 15 is 0 Å². The van der Waals surface area contributed by atoms with E-state index in [1.165, 1.54) is 31.5 Å². The lowest BCUT2D eigenvalue weighted by Crippen LogP contribution is -2.40. The van der Waals surface area contributed by atoms with Gasteiger partial charge in [-0.25, -0.2) is 0 Å². The molecule has 1 atom stereocenters. The lowest BCUT2D eigenvalue weighted by Gasteiger charge is -2.39. The number of methoxy groups -OCH3 is 1. The van der Waals surface area contributed by atoms with Crippen molar-refractivity contribution in [2.75, 3.05) is 33.8 Å². The van der Waals surface area contributed by atoms with Crippen molar-refractivity contribution in [3.63, 3.8) is 0 Å². The van der Waals surface area contributed by atoms with Gasteiger partial charge in [-0.2, -0.15) is 16.3 Å². The summed E-state index contributed by atoms with van der Waals surface area (Å²) in [5.74, 6) is 1.38. The van der Waals surface area contributed by atoms with Gasteiger partial charge in [0.25, 0.3) is 5.89 Å². The van der Waals surface area contributed by atoms with Gasteiger partial charge in [-0.1, -0.05) is 5.16 Å². The molecule has 1 spiro atoms. The van der Waals surface area contributed by atoms with Gasteiger partial charge in [0.2, 0.25) is 0 Å². The van der Waals surface area contributed by atoms with Gasteiger partial charge in [0.15, 0.2) is 5.82 Å². The SMILES string of the molecule is COCc1nc(C2CC3(CCN(Cc4ccsc4)CC3)CN2C)no1. The molecule has 25 heavy (non-hydrogen) atoms. The van der Waals surface area contributed by atoms with Crippen LogP contribution in [-0.2, 0) is 17.9 Å². The predicted molar refractivity (Wildman–Crippen MR) is 96.3 cm³/mol. The van der Waals surface area contributed by atoms with Gasteiger partial charge in [0, 0.05) is 20.2 Å². The molecule has 0 aliphatic carbocycles. The van der Waals surface area contributed by atoms with Gasteiger partial charge in [-0.05, 0) is 67.2 Å². The molecular formula is C18H26N4O2S. The number of hydrogen-bond acceptors (Lipinski definition) is 7. The summed E-state index contributed by atoms with van der Waals surface area (Å²) in [4.78, 5) is 9.51. The van der Waals surface area contributed by atoms with E-state index in [0.29, 0.717) is 17.9 Å². The Bertz CT molecular complexity index is 679. The van der Waals surface area contributed by atoms with Crippen LogP contribution < -0.4 is 0 Å². The smallest absolute Gasteiger partial charge is 0.252 e. The van der Waals surface area contributed by atoms with E-state index in [0.717, 1.165) is 25.3 Å². The quantitative estimate of drug-likeness (QED) is 0.815. The van der Waals surface area contributed by atoms with Crippen molar-refractivity contribution >= 4 is 11.3 Å². The summed E-state index contributed by atoms with van der Waals surface area (Å²) in [5.41, 5.74) is 1.84. The molecule has 0 aromatic carbocycles. The third-order valence-electron chi connectivity index (χ3n) is 5.70. The van der Waals surface area contributed by atoms with Gasteiger partial charge >= 0.3 is 0 Å². The summed E-state index contributed by atoms with van der Waals surface area (Å²) in [7, 11) is 3.83. The number of piperidine rings is 1. The van der Waals surface area contributed by atoms with Gasteiger partial charge < -0.3 is 9.26 Å². The van der Waals surface area contributed by atoms with Gasteiger partial charge in [0.05, 0.1) is 6.04 Å². The molecule has 136 valence electrons. The van der Waals surface area contributed by atoms with E-state index in [4.69, 9.17) is 9.26 Å².